The Labute approximate surface area is 152 Å². The number of anilines is 1. The molecule has 0 radical (unpaired) electrons. The van der Waals surface area contributed by atoms with Crippen molar-refractivity contribution in [3.05, 3.63) is 46.5 Å². The van der Waals surface area contributed by atoms with Gasteiger partial charge in [-0.2, -0.15) is 0 Å². The molecule has 0 spiro atoms. The third-order valence-electron chi connectivity index (χ3n) is 4.58. The number of aromatic nitrogens is 1. The van der Waals surface area contributed by atoms with Gasteiger partial charge in [-0.25, -0.2) is 4.98 Å². The summed E-state index contributed by atoms with van der Waals surface area (Å²) in [5.74, 6) is -0.0979. The number of nitrogens with one attached hydrogen (secondary N) is 1. The molecule has 6 heteroatoms. The van der Waals surface area contributed by atoms with E-state index in [1.54, 1.807) is 0 Å². The first-order chi connectivity index (χ1) is 12.2. The quantitative estimate of drug-likeness (QED) is 0.795. The molecule has 1 atom stereocenters. The van der Waals surface area contributed by atoms with E-state index in [9.17, 15) is 9.90 Å². The molecule has 2 N–H and O–H groups in total. The summed E-state index contributed by atoms with van der Waals surface area (Å²) in [5, 5.41) is 14.7. The predicted octanol–water partition coefficient (Wildman–Crippen LogP) is 3.36. The molecule has 1 aromatic carbocycles. The van der Waals surface area contributed by atoms with Crippen LogP contribution in [0.1, 0.15) is 49.0 Å². The van der Waals surface area contributed by atoms with Gasteiger partial charge >= 0.3 is 0 Å². The molecule has 0 bridgehead atoms. The number of rotatable bonds is 7. The lowest BCUT2D eigenvalue weighted by atomic mass is 9.86. The van der Waals surface area contributed by atoms with Crippen LogP contribution in [0.15, 0.2) is 29.6 Å². The zero-order valence-corrected chi connectivity index (χ0v) is 15.4. The molecule has 134 valence electrons. The van der Waals surface area contributed by atoms with Crippen molar-refractivity contribution in [2.45, 2.75) is 45.2 Å². The van der Waals surface area contributed by atoms with Crippen molar-refractivity contribution in [1.29, 1.82) is 0 Å². The van der Waals surface area contributed by atoms with Gasteiger partial charge in [0.1, 0.15) is 0 Å². The van der Waals surface area contributed by atoms with Crippen molar-refractivity contribution in [2.24, 2.45) is 0 Å². The maximum atomic E-state index is 11.2. The van der Waals surface area contributed by atoms with Crippen LogP contribution in [0.5, 0.6) is 0 Å². The van der Waals surface area contributed by atoms with Gasteiger partial charge in [0, 0.05) is 38.0 Å². The molecule has 1 amide bonds. The first-order valence-corrected chi connectivity index (χ1v) is 9.70. The van der Waals surface area contributed by atoms with Gasteiger partial charge in [-0.1, -0.05) is 24.3 Å². The molecule has 0 fully saturated rings. The van der Waals surface area contributed by atoms with Crippen molar-refractivity contribution in [3.63, 3.8) is 0 Å². The summed E-state index contributed by atoms with van der Waals surface area (Å²) in [6.45, 7) is 3.25. The van der Waals surface area contributed by atoms with Crippen LogP contribution < -0.4 is 5.32 Å². The van der Waals surface area contributed by atoms with E-state index < -0.39 is 0 Å². The maximum Gasteiger partial charge on any atom is 0.223 e. The van der Waals surface area contributed by atoms with Crippen molar-refractivity contribution in [2.75, 3.05) is 18.5 Å². The van der Waals surface area contributed by atoms with Gasteiger partial charge in [0.25, 0.3) is 0 Å². The highest BCUT2D eigenvalue weighted by Gasteiger charge is 2.26. The molecule has 1 aliphatic carbocycles. The predicted molar refractivity (Wildman–Crippen MR) is 101 cm³/mol. The number of amides is 1. The van der Waals surface area contributed by atoms with Crippen molar-refractivity contribution >= 4 is 22.4 Å². The number of fused-ring (bicyclic) bond motifs is 1. The molecule has 3 rings (SSSR count). The van der Waals surface area contributed by atoms with E-state index in [0.29, 0.717) is 11.2 Å². The number of benzene rings is 1. The highest BCUT2D eigenvalue weighted by molar-refractivity contribution is 7.13. The van der Waals surface area contributed by atoms with Gasteiger partial charge in [-0.15, -0.1) is 11.3 Å². The first kappa shape index (κ1) is 18.0. The lowest BCUT2D eigenvalue weighted by molar-refractivity contribution is -0.114. The lowest BCUT2D eigenvalue weighted by Crippen LogP contribution is -2.32. The summed E-state index contributed by atoms with van der Waals surface area (Å²) in [6.07, 6.45) is 4.21. The fraction of sp³-hybridized carbons (Fsp3) is 0.474. The number of carbonyl (C=O) groups excluding carboxylic acids is 1. The molecule has 1 heterocycles. The number of carbonyl (C=O) groups is 1. The number of aliphatic hydroxyl groups is 1. The summed E-state index contributed by atoms with van der Waals surface area (Å²) in [7, 11) is 0. The van der Waals surface area contributed by atoms with Crippen molar-refractivity contribution in [3.8, 4) is 0 Å². The summed E-state index contributed by atoms with van der Waals surface area (Å²) >= 11 is 1.46. The molecule has 2 aromatic rings. The molecular formula is C19H25N3O2S. The Kier molecular flexibility index (Phi) is 6.18. The van der Waals surface area contributed by atoms with Crippen LogP contribution in [0, 0.1) is 0 Å². The molecule has 0 aliphatic heterocycles. The van der Waals surface area contributed by atoms with E-state index in [2.05, 4.69) is 39.5 Å². The van der Waals surface area contributed by atoms with E-state index in [1.807, 2.05) is 5.38 Å². The fourth-order valence-corrected chi connectivity index (χ4v) is 4.27. The SMILES string of the molecule is CC(=O)Nc1nc(CN(CCCO)C2CCCc3ccccc32)cs1. The molecule has 1 unspecified atom stereocenters. The summed E-state index contributed by atoms with van der Waals surface area (Å²) in [5.41, 5.74) is 3.81. The van der Waals surface area contributed by atoms with E-state index in [0.717, 1.165) is 38.0 Å². The average Bonchev–Trinajstić information content (AvgIpc) is 3.04. The van der Waals surface area contributed by atoms with Crippen molar-refractivity contribution < 1.29 is 9.90 Å². The van der Waals surface area contributed by atoms with E-state index >= 15 is 0 Å². The highest BCUT2D eigenvalue weighted by Crippen LogP contribution is 2.35. The second-order valence-corrected chi connectivity index (χ2v) is 7.34. The van der Waals surface area contributed by atoms with Crippen LogP contribution in [0.2, 0.25) is 0 Å². The van der Waals surface area contributed by atoms with Crippen LogP contribution in [0.3, 0.4) is 0 Å². The summed E-state index contributed by atoms with van der Waals surface area (Å²) in [4.78, 5) is 18.1. The topological polar surface area (TPSA) is 65.5 Å². The van der Waals surface area contributed by atoms with Crippen LogP contribution in [0.25, 0.3) is 0 Å². The van der Waals surface area contributed by atoms with Crippen LogP contribution in [0.4, 0.5) is 5.13 Å². The van der Waals surface area contributed by atoms with E-state index in [4.69, 9.17) is 0 Å². The minimum Gasteiger partial charge on any atom is -0.396 e. The number of nitrogens with zero attached hydrogens (tertiary/aromatic N) is 2. The smallest absolute Gasteiger partial charge is 0.223 e. The lowest BCUT2D eigenvalue weighted by Gasteiger charge is -2.35. The molecule has 25 heavy (non-hydrogen) atoms. The second-order valence-electron chi connectivity index (χ2n) is 6.48. The number of aryl methyl sites for hydroxylation is 1. The zero-order chi connectivity index (χ0) is 17.6. The standard InChI is InChI=1S/C19H25N3O2S/c1-14(24)20-19-21-16(13-25-19)12-22(10-5-11-23)18-9-4-7-15-6-2-3-8-17(15)18/h2-3,6,8,13,18,23H,4-5,7,9-12H2,1H3,(H,20,21,24). The van der Waals surface area contributed by atoms with Gasteiger partial charge in [-0.05, 0) is 36.8 Å². The van der Waals surface area contributed by atoms with Gasteiger partial charge in [0.15, 0.2) is 5.13 Å². The van der Waals surface area contributed by atoms with E-state index in [-0.39, 0.29) is 12.5 Å². The molecule has 1 aromatic heterocycles. The van der Waals surface area contributed by atoms with Gasteiger partial charge in [0.05, 0.1) is 5.69 Å². The maximum absolute atomic E-state index is 11.2. The molecule has 0 saturated heterocycles. The third kappa shape index (κ3) is 4.66. The largest absolute Gasteiger partial charge is 0.396 e. The zero-order valence-electron chi connectivity index (χ0n) is 14.6. The van der Waals surface area contributed by atoms with Gasteiger partial charge < -0.3 is 10.4 Å². The molecule has 5 nitrogen and oxygen atoms in total. The van der Waals surface area contributed by atoms with Crippen LogP contribution in [-0.4, -0.2) is 34.0 Å². The highest BCUT2D eigenvalue weighted by atomic mass is 32.1. The number of thiazole rings is 1. The Morgan fingerprint density at radius 2 is 2.28 bits per heavy atom. The minimum atomic E-state index is -0.0979. The van der Waals surface area contributed by atoms with E-state index in [1.165, 1.54) is 35.8 Å². The third-order valence-corrected chi connectivity index (χ3v) is 5.39. The normalized spacial score (nSPS) is 16.7. The second kappa shape index (κ2) is 8.56. The molecule has 1 aliphatic rings. The Balaban J connectivity index is 1.78. The summed E-state index contributed by atoms with van der Waals surface area (Å²) < 4.78 is 0. The average molecular weight is 359 g/mol. The Hall–Kier alpha value is -1.76. The number of hydrogen-bond donors (Lipinski definition) is 2. The monoisotopic (exact) mass is 359 g/mol. The number of aliphatic hydroxyl groups excluding tert-OH is 1. The molecular weight excluding hydrogens is 334 g/mol. The van der Waals surface area contributed by atoms with Gasteiger partial charge in [0.2, 0.25) is 5.91 Å². The minimum absolute atomic E-state index is 0.0979. The Bertz CT molecular complexity index is 716. The van der Waals surface area contributed by atoms with Gasteiger partial charge in [-0.3, -0.25) is 9.69 Å². The first-order valence-electron chi connectivity index (χ1n) is 8.82. The van der Waals surface area contributed by atoms with Crippen LogP contribution in [-0.2, 0) is 17.8 Å². The summed E-state index contributed by atoms with van der Waals surface area (Å²) in [6, 6.07) is 9.04. The van der Waals surface area contributed by atoms with Crippen molar-refractivity contribution in [1.82, 2.24) is 9.88 Å². The Morgan fingerprint density at radius 1 is 1.44 bits per heavy atom. The number of hydrogen-bond acceptors (Lipinski definition) is 5. The molecule has 0 saturated carbocycles. The fourth-order valence-electron chi connectivity index (χ4n) is 3.52. The van der Waals surface area contributed by atoms with Crippen LogP contribution >= 0.6 is 11.3 Å². The Morgan fingerprint density at radius 3 is 3.08 bits per heavy atom.